The topological polar surface area (TPSA) is 76.2 Å². The summed E-state index contributed by atoms with van der Waals surface area (Å²) in [5.74, 6) is 0.0490. The first-order valence-corrected chi connectivity index (χ1v) is 8.04. The normalized spacial score (nSPS) is 15.7. The van der Waals surface area contributed by atoms with Crippen LogP contribution in [-0.2, 0) is 11.3 Å². The average Bonchev–Trinajstić information content (AvgIpc) is 3.05. The number of benzene rings is 1. The third kappa shape index (κ3) is 5.06. The van der Waals surface area contributed by atoms with Crippen LogP contribution in [0.4, 0.5) is 0 Å². The molecular weight excluding hydrogens is 326 g/mol. The van der Waals surface area contributed by atoms with E-state index < -0.39 is 0 Å². The van der Waals surface area contributed by atoms with Gasteiger partial charge in [-0.2, -0.15) is 5.10 Å². The van der Waals surface area contributed by atoms with E-state index in [2.05, 4.69) is 15.3 Å². The van der Waals surface area contributed by atoms with Gasteiger partial charge in [0.15, 0.2) is 0 Å². The summed E-state index contributed by atoms with van der Waals surface area (Å²) in [6.45, 7) is 2.75. The van der Waals surface area contributed by atoms with Gasteiger partial charge in [-0.05, 0) is 25.0 Å². The van der Waals surface area contributed by atoms with Gasteiger partial charge in [0.25, 0.3) is 0 Å². The molecule has 0 radical (unpaired) electrons. The van der Waals surface area contributed by atoms with Crippen molar-refractivity contribution in [2.45, 2.75) is 25.4 Å². The Bertz CT molecular complexity index is 637. The SMILES string of the molecule is Cl.NC1CCN(CC(=O)NCc2cnn(-c3ccccc3)c2)CC1. The lowest BCUT2D eigenvalue weighted by molar-refractivity contribution is -0.122. The summed E-state index contributed by atoms with van der Waals surface area (Å²) in [4.78, 5) is 14.2. The molecule has 3 N–H and O–H groups in total. The molecule has 2 heterocycles. The fourth-order valence-electron chi connectivity index (χ4n) is 2.74. The van der Waals surface area contributed by atoms with Crippen LogP contribution in [0.5, 0.6) is 0 Å². The minimum atomic E-state index is 0. The summed E-state index contributed by atoms with van der Waals surface area (Å²) >= 11 is 0. The molecule has 0 saturated carbocycles. The van der Waals surface area contributed by atoms with Crippen LogP contribution in [0, 0.1) is 0 Å². The average molecular weight is 350 g/mol. The maximum atomic E-state index is 12.0. The van der Waals surface area contributed by atoms with Gasteiger partial charge in [0.05, 0.1) is 18.4 Å². The number of nitrogens with two attached hydrogens (primary N) is 1. The molecule has 6 nitrogen and oxygen atoms in total. The largest absolute Gasteiger partial charge is 0.351 e. The standard InChI is InChI=1S/C17H23N5O.ClH/c18-15-6-8-21(9-7-15)13-17(23)19-10-14-11-20-22(12-14)16-4-2-1-3-5-16;/h1-5,11-12,15H,6-10,13,18H2,(H,19,23);1H. The Labute approximate surface area is 148 Å². The Kier molecular flexibility index (Phi) is 6.78. The first kappa shape index (κ1) is 18.4. The van der Waals surface area contributed by atoms with E-state index >= 15 is 0 Å². The van der Waals surface area contributed by atoms with Gasteiger partial charge in [0.2, 0.25) is 5.91 Å². The number of hydrogen-bond acceptors (Lipinski definition) is 4. The van der Waals surface area contributed by atoms with Crippen molar-refractivity contribution in [1.29, 1.82) is 0 Å². The molecule has 2 aromatic rings. The summed E-state index contributed by atoms with van der Waals surface area (Å²) in [7, 11) is 0. The van der Waals surface area contributed by atoms with Crippen LogP contribution in [0.1, 0.15) is 18.4 Å². The lowest BCUT2D eigenvalue weighted by Crippen LogP contribution is -2.44. The second-order valence-electron chi connectivity index (χ2n) is 6.02. The number of halogens is 1. The maximum absolute atomic E-state index is 12.0. The van der Waals surface area contributed by atoms with Gasteiger partial charge in [-0.1, -0.05) is 18.2 Å². The number of carbonyl (C=O) groups is 1. The number of para-hydroxylation sites is 1. The number of aromatic nitrogens is 2. The predicted molar refractivity (Wildman–Crippen MR) is 96.3 cm³/mol. The number of piperidine rings is 1. The first-order chi connectivity index (χ1) is 11.2. The molecule has 1 saturated heterocycles. The molecule has 7 heteroatoms. The third-order valence-electron chi connectivity index (χ3n) is 4.15. The number of rotatable bonds is 5. The van der Waals surface area contributed by atoms with E-state index in [9.17, 15) is 4.79 Å². The van der Waals surface area contributed by atoms with E-state index in [-0.39, 0.29) is 24.4 Å². The van der Waals surface area contributed by atoms with Crippen LogP contribution >= 0.6 is 12.4 Å². The van der Waals surface area contributed by atoms with Crippen molar-refractivity contribution >= 4 is 18.3 Å². The lowest BCUT2D eigenvalue weighted by Gasteiger charge is -2.29. The molecule has 0 atom stereocenters. The van der Waals surface area contributed by atoms with Crippen LogP contribution in [0.2, 0.25) is 0 Å². The number of nitrogens with zero attached hydrogens (tertiary/aromatic N) is 3. The van der Waals surface area contributed by atoms with Crippen molar-refractivity contribution in [2.24, 2.45) is 5.73 Å². The Morgan fingerprint density at radius 1 is 1.25 bits per heavy atom. The van der Waals surface area contributed by atoms with Crippen LogP contribution < -0.4 is 11.1 Å². The number of nitrogens with one attached hydrogen (secondary N) is 1. The minimum absolute atomic E-state index is 0. The molecule has 3 rings (SSSR count). The quantitative estimate of drug-likeness (QED) is 0.854. The van der Waals surface area contributed by atoms with Crippen molar-refractivity contribution in [3.05, 3.63) is 48.3 Å². The summed E-state index contributed by atoms with van der Waals surface area (Å²) in [6, 6.07) is 10.2. The zero-order valence-corrected chi connectivity index (χ0v) is 14.4. The van der Waals surface area contributed by atoms with Crippen molar-refractivity contribution in [1.82, 2.24) is 20.0 Å². The number of hydrogen-bond donors (Lipinski definition) is 2. The Morgan fingerprint density at radius 3 is 2.67 bits per heavy atom. The smallest absolute Gasteiger partial charge is 0.234 e. The molecule has 1 aromatic heterocycles. The van der Waals surface area contributed by atoms with Gasteiger partial charge in [0, 0.05) is 37.4 Å². The monoisotopic (exact) mass is 349 g/mol. The fourth-order valence-corrected chi connectivity index (χ4v) is 2.74. The molecule has 1 aliphatic heterocycles. The molecule has 0 aliphatic carbocycles. The summed E-state index contributed by atoms with van der Waals surface area (Å²) in [6.07, 6.45) is 5.66. The lowest BCUT2D eigenvalue weighted by atomic mass is 10.1. The Morgan fingerprint density at radius 2 is 1.96 bits per heavy atom. The molecular formula is C17H24ClN5O. The Balaban J connectivity index is 0.00000208. The van der Waals surface area contributed by atoms with Crippen molar-refractivity contribution in [3.63, 3.8) is 0 Å². The number of likely N-dealkylation sites (tertiary alicyclic amines) is 1. The van der Waals surface area contributed by atoms with Gasteiger partial charge in [-0.25, -0.2) is 4.68 Å². The molecule has 0 spiro atoms. The van der Waals surface area contributed by atoms with Crippen molar-refractivity contribution in [3.8, 4) is 5.69 Å². The highest BCUT2D eigenvalue weighted by molar-refractivity contribution is 5.85. The van der Waals surface area contributed by atoms with E-state index in [4.69, 9.17) is 5.73 Å². The first-order valence-electron chi connectivity index (χ1n) is 8.04. The van der Waals surface area contributed by atoms with Crippen LogP contribution in [-0.4, -0.2) is 46.3 Å². The molecule has 1 aromatic carbocycles. The van der Waals surface area contributed by atoms with E-state index in [0.717, 1.165) is 37.2 Å². The van der Waals surface area contributed by atoms with Gasteiger partial charge in [-0.3, -0.25) is 9.69 Å². The Hall–Kier alpha value is -1.89. The third-order valence-corrected chi connectivity index (χ3v) is 4.15. The second-order valence-corrected chi connectivity index (χ2v) is 6.02. The van der Waals surface area contributed by atoms with E-state index in [0.29, 0.717) is 13.1 Å². The van der Waals surface area contributed by atoms with Crippen LogP contribution in [0.3, 0.4) is 0 Å². The van der Waals surface area contributed by atoms with E-state index in [1.807, 2.05) is 41.2 Å². The number of amides is 1. The van der Waals surface area contributed by atoms with Gasteiger partial charge < -0.3 is 11.1 Å². The van der Waals surface area contributed by atoms with Gasteiger partial charge >= 0.3 is 0 Å². The molecule has 0 unspecified atom stereocenters. The van der Waals surface area contributed by atoms with Crippen LogP contribution in [0.25, 0.3) is 5.69 Å². The number of carbonyl (C=O) groups excluding carboxylic acids is 1. The molecule has 1 aliphatic rings. The molecule has 24 heavy (non-hydrogen) atoms. The van der Waals surface area contributed by atoms with Crippen LogP contribution in [0.15, 0.2) is 42.7 Å². The summed E-state index contributed by atoms with van der Waals surface area (Å²) in [5, 5.41) is 7.29. The van der Waals surface area contributed by atoms with Crippen molar-refractivity contribution in [2.75, 3.05) is 19.6 Å². The minimum Gasteiger partial charge on any atom is -0.351 e. The highest BCUT2D eigenvalue weighted by Crippen LogP contribution is 2.08. The fraction of sp³-hybridized carbons (Fsp3) is 0.412. The highest BCUT2D eigenvalue weighted by atomic mass is 35.5. The highest BCUT2D eigenvalue weighted by Gasteiger charge is 2.18. The van der Waals surface area contributed by atoms with Gasteiger partial charge in [-0.15, -0.1) is 12.4 Å². The summed E-state index contributed by atoms with van der Waals surface area (Å²) < 4.78 is 1.81. The zero-order chi connectivity index (χ0) is 16.1. The van der Waals surface area contributed by atoms with E-state index in [1.54, 1.807) is 6.20 Å². The zero-order valence-electron chi connectivity index (χ0n) is 13.6. The molecule has 1 fully saturated rings. The molecule has 0 bridgehead atoms. The maximum Gasteiger partial charge on any atom is 0.234 e. The van der Waals surface area contributed by atoms with E-state index in [1.165, 1.54) is 0 Å². The predicted octanol–water partition coefficient (Wildman–Crippen LogP) is 1.33. The molecule has 1 amide bonds. The second kappa shape index (κ2) is 8.82. The van der Waals surface area contributed by atoms with Crippen molar-refractivity contribution < 1.29 is 4.79 Å². The molecule has 130 valence electrons. The summed E-state index contributed by atoms with van der Waals surface area (Å²) in [5.41, 5.74) is 7.87. The van der Waals surface area contributed by atoms with Gasteiger partial charge in [0.1, 0.15) is 0 Å².